The van der Waals surface area contributed by atoms with Crippen molar-refractivity contribution in [2.75, 3.05) is 0 Å². The first-order valence-corrected chi connectivity index (χ1v) is 5.20. The summed E-state index contributed by atoms with van der Waals surface area (Å²) in [7, 11) is 0. The fourth-order valence-corrected chi connectivity index (χ4v) is 1.43. The van der Waals surface area contributed by atoms with Gasteiger partial charge in [0.05, 0.1) is 0 Å². The van der Waals surface area contributed by atoms with Crippen LogP contribution in [0.15, 0.2) is 0 Å². The molecule has 0 saturated carbocycles. The molecule has 2 N–H and O–H groups in total. The molecule has 0 spiro atoms. The fourth-order valence-electron chi connectivity index (χ4n) is 1.43. The monoisotopic (exact) mass is 187 g/mol. The van der Waals surface area contributed by atoms with Crippen LogP contribution in [0.1, 0.15) is 52.4 Å². The van der Waals surface area contributed by atoms with Gasteiger partial charge < -0.3 is 0 Å². The minimum absolute atomic E-state index is 0.0122. The molecule has 0 heterocycles. The number of hydroxylamine groups is 1. The van der Waals surface area contributed by atoms with Gasteiger partial charge in [0.1, 0.15) is 0 Å². The lowest BCUT2D eigenvalue weighted by molar-refractivity contribution is -0.133. The van der Waals surface area contributed by atoms with Crippen LogP contribution in [0, 0.1) is 5.92 Å². The number of nitrogens with one attached hydrogen (secondary N) is 1. The first-order valence-electron chi connectivity index (χ1n) is 5.20. The molecule has 0 aliphatic rings. The van der Waals surface area contributed by atoms with E-state index < -0.39 is 0 Å². The molecule has 1 amide bonds. The molecule has 0 fully saturated rings. The van der Waals surface area contributed by atoms with Gasteiger partial charge in [0.2, 0.25) is 5.91 Å². The third-order valence-corrected chi connectivity index (χ3v) is 2.38. The number of unbranched alkanes of at least 4 members (excludes halogenated alkanes) is 3. The Balaban J connectivity index is 3.53. The van der Waals surface area contributed by atoms with Crippen molar-refractivity contribution >= 4 is 5.91 Å². The predicted molar refractivity (Wildman–Crippen MR) is 52.5 cm³/mol. The van der Waals surface area contributed by atoms with Crippen LogP contribution in [0.3, 0.4) is 0 Å². The first-order chi connectivity index (χ1) is 6.26. The second-order valence-corrected chi connectivity index (χ2v) is 3.43. The Morgan fingerprint density at radius 3 is 2.46 bits per heavy atom. The second kappa shape index (κ2) is 8.05. The number of amides is 1. The Kier molecular flexibility index (Phi) is 7.69. The molecule has 0 rings (SSSR count). The Labute approximate surface area is 80.5 Å². The van der Waals surface area contributed by atoms with Gasteiger partial charge in [0.25, 0.3) is 0 Å². The lowest BCUT2D eigenvalue weighted by Crippen LogP contribution is -2.27. The number of rotatable bonds is 7. The highest BCUT2D eigenvalue weighted by molar-refractivity contribution is 5.77. The zero-order valence-electron chi connectivity index (χ0n) is 8.68. The van der Waals surface area contributed by atoms with E-state index in [-0.39, 0.29) is 11.8 Å². The van der Waals surface area contributed by atoms with Gasteiger partial charge >= 0.3 is 0 Å². The lowest BCUT2D eigenvalue weighted by Gasteiger charge is -2.11. The third kappa shape index (κ3) is 5.64. The zero-order valence-corrected chi connectivity index (χ0v) is 8.68. The van der Waals surface area contributed by atoms with Crippen molar-refractivity contribution in [1.82, 2.24) is 5.48 Å². The van der Waals surface area contributed by atoms with Gasteiger partial charge in [-0.2, -0.15) is 0 Å². The van der Waals surface area contributed by atoms with E-state index in [0.717, 1.165) is 19.3 Å². The van der Waals surface area contributed by atoms with Crippen LogP contribution in [0.2, 0.25) is 0 Å². The van der Waals surface area contributed by atoms with Crippen molar-refractivity contribution in [3.63, 3.8) is 0 Å². The molecule has 0 aliphatic heterocycles. The quantitative estimate of drug-likeness (QED) is 0.365. The molecule has 0 aromatic heterocycles. The standard InChI is InChI=1S/C10H21NO2/c1-3-5-6-7-8-9(4-2)10(12)11-13/h9,13H,3-8H2,1-2H3,(H,11,12). The van der Waals surface area contributed by atoms with E-state index in [1.54, 1.807) is 5.48 Å². The van der Waals surface area contributed by atoms with Crippen LogP contribution in [0.5, 0.6) is 0 Å². The van der Waals surface area contributed by atoms with E-state index >= 15 is 0 Å². The molecular formula is C10H21NO2. The number of carbonyl (C=O) groups is 1. The maximum Gasteiger partial charge on any atom is 0.246 e. The Bertz CT molecular complexity index is 137. The number of hydrogen-bond acceptors (Lipinski definition) is 2. The molecule has 0 aromatic rings. The summed E-state index contributed by atoms with van der Waals surface area (Å²) < 4.78 is 0. The van der Waals surface area contributed by atoms with E-state index in [1.807, 2.05) is 6.92 Å². The van der Waals surface area contributed by atoms with Gasteiger partial charge in [0.15, 0.2) is 0 Å². The normalized spacial score (nSPS) is 12.5. The second-order valence-electron chi connectivity index (χ2n) is 3.43. The van der Waals surface area contributed by atoms with Crippen molar-refractivity contribution in [3.05, 3.63) is 0 Å². The van der Waals surface area contributed by atoms with E-state index in [4.69, 9.17) is 5.21 Å². The summed E-state index contributed by atoms with van der Waals surface area (Å²) in [6.07, 6.45) is 6.41. The lowest BCUT2D eigenvalue weighted by atomic mass is 9.98. The summed E-state index contributed by atoms with van der Waals surface area (Å²) in [6, 6.07) is 0. The smallest absolute Gasteiger partial charge is 0.246 e. The highest BCUT2D eigenvalue weighted by atomic mass is 16.5. The molecule has 13 heavy (non-hydrogen) atoms. The molecule has 3 nitrogen and oxygen atoms in total. The Hall–Kier alpha value is -0.570. The van der Waals surface area contributed by atoms with Gasteiger partial charge in [-0.3, -0.25) is 10.0 Å². The molecule has 1 atom stereocenters. The molecule has 78 valence electrons. The van der Waals surface area contributed by atoms with Crippen LogP contribution < -0.4 is 5.48 Å². The van der Waals surface area contributed by atoms with Crippen LogP contribution in [0.4, 0.5) is 0 Å². The van der Waals surface area contributed by atoms with Crippen LogP contribution in [-0.4, -0.2) is 11.1 Å². The molecule has 0 aliphatic carbocycles. The van der Waals surface area contributed by atoms with Crippen molar-refractivity contribution < 1.29 is 10.0 Å². The summed E-state index contributed by atoms with van der Waals surface area (Å²) in [5.41, 5.74) is 1.72. The molecule has 1 unspecified atom stereocenters. The van der Waals surface area contributed by atoms with E-state index in [1.165, 1.54) is 19.3 Å². The summed E-state index contributed by atoms with van der Waals surface area (Å²) in [6.45, 7) is 4.14. The Morgan fingerprint density at radius 2 is 2.00 bits per heavy atom. The molecule has 3 heteroatoms. The average molecular weight is 187 g/mol. The van der Waals surface area contributed by atoms with Crippen molar-refractivity contribution in [2.24, 2.45) is 5.92 Å². The minimum Gasteiger partial charge on any atom is -0.289 e. The van der Waals surface area contributed by atoms with Gasteiger partial charge in [-0.15, -0.1) is 0 Å². The SMILES string of the molecule is CCCCCCC(CC)C(=O)NO. The van der Waals surface area contributed by atoms with E-state index in [2.05, 4.69) is 6.92 Å². The maximum absolute atomic E-state index is 11.0. The van der Waals surface area contributed by atoms with Crippen LogP contribution in [-0.2, 0) is 4.79 Å². The van der Waals surface area contributed by atoms with E-state index in [9.17, 15) is 4.79 Å². The van der Waals surface area contributed by atoms with Crippen molar-refractivity contribution in [1.29, 1.82) is 0 Å². The average Bonchev–Trinajstić information content (AvgIpc) is 2.17. The van der Waals surface area contributed by atoms with Crippen molar-refractivity contribution in [2.45, 2.75) is 52.4 Å². The molecule has 0 aromatic carbocycles. The maximum atomic E-state index is 11.0. The minimum atomic E-state index is -0.237. The number of hydrogen-bond donors (Lipinski definition) is 2. The summed E-state index contributed by atoms with van der Waals surface area (Å²) in [4.78, 5) is 11.0. The summed E-state index contributed by atoms with van der Waals surface area (Å²) in [5.74, 6) is -0.249. The third-order valence-electron chi connectivity index (χ3n) is 2.38. The molecule has 0 radical (unpaired) electrons. The molecular weight excluding hydrogens is 166 g/mol. The van der Waals surface area contributed by atoms with Gasteiger partial charge in [0, 0.05) is 5.92 Å². The van der Waals surface area contributed by atoms with Gasteiger partial charge in [-0.1, -0.05) is 39.5 Å². The zero-order chi connectivity index (χ0) is 10.1. The largest absolute Gasteiger partial charge is 0.289 e. The summed E-state index contributed by atoms with van der Waals surface area (Å²) >= 11 is 0. The highest BCUT2D eigenvalue weighted by Crippen LogP contribution is 2.13. The molecule has 0 bridgehead atoms. The fraction of sp³-hybridized carbons (Fsp3) is 0.900. The van der Waals surface area contributed by atoms with Crippen LogP contribution >= 0.6 is 0 Å². The van der Waals surface area contributed by atoms with Crippen molar-refractivity contribution in [3.8, 4) is 0 Å². The highest BCUT2D eigenvalue weighted by Gasteiger charge is 2.14. The topological polar surface area (TPSA) is 49.3 Å². The van der Waals surface area contributed by atoms with Gasteiger partial charge in [-0.05, 0) is 12.8 Å². The van der Waals surface area contributed by atoms with Crippen LogP contribution in [0.25, 0.3) is 0 Å². The predicted octanol–water partition coefficient (Wildman–Crippen LogP) is 2.49. The number of carbonyl (C=O) groups excluding carboxylic acids is 1. The van der Waals surface area contributed by atoms with E-state index in [0.29, 0.717) is 0 Å². The van der Waals surface area contributed by atoms with Gasteiger partial charge in [-0.25, -0.2) is 5.48 Å². The Morgan fingerprint density at radius 1 is 1.31 bits per heavy atom. The summed E-state index contributed by atoms with van der Waals surface area (Å²) in [5, 5.41) is 8.44. The first kappa shape index (κ1) is 12.4. The molecule has 0 saturated heterocycles.